The van der Waals surface area contributed by atoms with Gasteiger partial charge in [-0.05, 0) is 36.6 Å². The smallest absolute Gasteiger partial charge is 0.305 e. The van der Waals surface area contributed by atoms with E-state index in [9.17, 15) is 10.1 Å². The van der Waals surface area contributed by atoms with Crippen LogP contribution in [0.4, 0.5) is 0 Å². The average Bonchev–Trinajstić information content (AvgIpc) is 2.82. The summed E-state index contributed by atoms with van der Waals surface area (Å²) in [5, 5.41) is 9.54. The normalized spacial score (nSPS) is 11.2. The number of hydrogen-bond acceptors (Lipinski definition) is 5. The highest BCUT2D eigenvalue weighted by Crippen LogP contribution is 2.31. The third kappa shape index (κ3) is 6.61. The molecule has 0 aliphatic heterocycles. The van der Waals surface area contributed by atoms with Gasteiger partial charge in [-0.15, -0.1) is 0 Å². The van der Waals surface area contributed by atoms with E-state index < -0.39 is 6.10 Å². The van der Waals surface area contributed by atoms with Gasteiger partial charge >= 0.3 is 5.97 Å². The summed E-state index contributed by atoms with van der Waals surface area (Å²) >= 11 is 0. The minimum absolute atomic E-state index is 0.222. The van der Waals surface area contributed by atoms with Crippen LogP contribution < -0.4 is 9.47 Å². The molecule has 0 N–H and O–H groups in total. The number of esters is 1. The van der Waals surface area contributed by atoms with Crippen molar-refractivity contribution in [3.8, 4) is 17.6 Å². The molecule has 0 saturated heterocycles. The highest BCUT2D eigenvalue weighted by Gasteiger charge is 2.18. The van der Waals surface area contributed by atoms with Gasteiger partial charge in [0.2, 0.25) is 0 Å². The minimum Gasteiger partial charge on any atom is -0.489 e. The molecular weight excluding hydrogens is 390 g/mol. The van der Waals surface area contributed by atoms with Gasteiger partial charge in [0.25, 0.3) is 0 Å². The summed E-state index contributed by atoms with van der Waals surface area (Å²) in [6.07, 6.45) is 0.254. The van der Waals surface area contributed by atoms with Crippen LogP contribution >= 0.6 is 0 Å². The zero-order valence-corrected chi connectivity index (χ0v) is 17.5. The average molecular weight is 415 g/mol. The lowest BCUT2D eigenvalue weighted by Gasteiger charge is -2.21. The van der Waals surface area contributed by atoms with Crippen LogP contribution in [0.15, 0.2) is 78.9 Å². The molecule has 0 radical (unpaired) electrons. The molecule has 5 heteroatoms. The third-order valence-electron chi connectivity index (χ3n) is 4.68. The molecule has 0 aliphatic rings. The van der Waals surface area contributed by atoms with Gasteiger partial charge in [0.15, 0.2) is 0 Å². The Kier molecular flexibility index (Phi) is 8.07. The number of carbonyl (C=O) groups excluding carboxylic acids is 1. The van der Waals surface area contributed by atoms with Crippen LogP contribution in [-0.2, 0) is 16.1 Å². The molecular formula is C26H25NO4. The second-order valence-corrected chi connectivity index (χ2v) is 6.90. The predicted molar refractivity (Wildman–Crippen MR) is 118 cm³/mol. The van der Waals surface area contributed by atoms with Gasteiger partial charge < -0.3 is 14.2 Å². The van der Waals surface area contributed by atoms with Gasteiger partial charge in [0.1, 0.15) is 30.3 Å². The lowest BCUT2D eigenvalue weighted by Crippen LogP contribution is -2.12. The van der Waals surface area contributed by atoms with Crippen molar-refractivity contribution in [1.82, 2.24) is 0 Å². The topological polar surface area (TPSA) is 68.6 Å². The number of carbonyl (C=O) groups is 1. The first-order valence-electron chi connectivity index (χ1n) is 10.3. The molecule has 31 heavy (non-hydrogen) atoms. The molecule has 0 aliphatic carbocycles. The number of ether oxygens (including phenoxy) is 3. The zero-order valence-electron chi connectivity index (χ0n) is 17.5. The Balaban J connectivity index is 1.78. The first-order chi connectivity index (χ1) is 15.2. The Bertz CT molecular complexity index is 1010. The van der Waals surface area contributed by atoms with Crippen molar-refractivity contribution in [3.63, 3.8) is 0 Å². The van der Waals surface area contributed by atoms with Gasteiger partial charge in [-0.3, -0.25) is 4.79 Å². The summed E-state index contributed by atoms with van der Waals surface area (Å²) in [7, 11) is 0. The number of benzene rings is 3. The van der Waals surface area contributed by atoms with Crippen molar-refractivity contribution < 1.29 is 19.0 Å². The second kappa shape index (κ2) is 11.4. The van der Waals surface area contributed by atoms with Gasteiger partial charge in [-0.25, -0.2) is 0 Å². The minimum atomic E-state index is -0.401. The van der Waals surface area contributed by atoms with Crippen LogP contribution in [0.2, 0.25) is 0 Å². The van der Waals surface area contributed by atoms with E-state index in [2.05, 4.69) is 6.07 Å². The fourth-order valence-corrected chi connectivity index (χ4v) is 3.12. The lowest BCUT2D eigenvalue weighted by atomic mass is 10.0. The maximum Gasteiger partial charge on any atom is 0.305 e. The Morgan fingerprint density at radius 2 is 1.71 bits per heavy atom. The van der Waals surface area contributed by atoms with Gasteiger partial charge in [0.05, 0.1) is 12.2 Å². The fourth-order valence-electron chi connectivity index (χ4n) is 3.12. The molecule has 0 bridgehead atoms. The van der Waals surface area contributed by atoms with Crippen LogP contribution in [0.3, 0.4) is 0 Å². The van der Waals surface area contributed by atoms with E-state index in [1.165, 1.54) is 0 Å². The van der Waals surface area contributed by atoms with Crippen molar-refractivity contribution >= 4 is 5.97 Å². The van der Waals surface area contributed by atoms with Crippen LogP contribution in [0.1, 0.15) is 42.6 Å². The SMILES string of the molecule is CCOC(=O)CCC(Oc1cc(OCc2ccccc2)ccc1C#N)c1ccccc1. The maximum atomic E-state index is 11.9. The zero-order chi connectivity index (χ0) is 21.9. The molecule has 0 amide bonds. The molecule has 1 atom stereocenters. The number of rotatable bonds is 10. The van der Waals surface area contributed by atoms with Crippen molar-refractivity contribution in [3.05, 3.63) is 95.6 Å². The van der Waals surface area contributed by atoms with E-state index in [0.717, 1.165) is 11.1 Å². The summed E-state index contributed by atoms with van der Waals surface area (Å²) in [6, 6.07) is 26.8. The summed E-state index contributed by atoms with van der Waals surface area (Å²) in [5.74, 6) is 0.758. The van der Waals surface area contributed by atoms with E-state index >= 15 is 0 Å². The molecule has 3 rings (SSSR count). The Morgan fingerprint density at radius 1 is 1.00 bits per heavy atom. The van der Waals surface area contributed by atoms with Gasteiger partial charge in [0, 0.05) is 12.5 Å². The van der Waals surface area contributed by atoms with E-state index in [-0.39, 0.29) is 12.4 Å². The molecule has 3 aromatic carbocycles. The van der Waals surface area contributed by atoms with E-state index in [1.807, 2.05) is 60.7 Å². The highest BCUT2D eigenvalue weighted by atomic mass is 16.5. The Hall–Kier alpha value is -3.78. The van der Waals surface area contributed by atoms with Crippen LogP contribution in [0.5, 0.6) is 11.5 Å². The largest absolute Gasteiger partial charge is 0.489 e. The monoisotopic (exact) mass is 415 g/mol. The van der Waals surface area contributed by atoms with Gasteiger partial charge in [-0.1, -0.05) is 60.7 Å². The first kappa shape index (κ1) is 21.9. The van der Waals surface area contributed by atoms with Crippen molar-refractivity contribution in [1.29, 1.82) is 5.26 Å². The van der Waals surface area contributed by atoms with E-state index in [1.54, 1.807) is 25.1 Å². The van der Waals surface area contributed by atoms with E-state index in [0.29, 0.717) is 36.7 Å². The predicted octanol–water partition coefficient (Wildman–Crippen LogP) is 5.60. The summed E-state index contributed by atoms with van der Waals surface area (Å²) in [5.41, 5.74) is 2.38. The molecule has 0 aromatic heterocycles. The summed E-state index contributed by atoms with van der Waals surface area (Å²) < 4.78 is 17.2. The van der Waals surface area contributed by atoms with Crippen LogP contribution in [0, 0.1) is 11.3 Å². The standard InChI is InChI=1S/C26H25NO4/c1-2-29-26(28)16-15-24(21-11-7-4-8-12-21)31-25-17-23(14-13-22(25)18-27)30-19-20-9-5-3-6-10-20/h3-14,17,24H,2,15-16,19H2,1H3. The molecule has 0 spiro atoms. The van der Waals surface area contributed by atoms with Crippen molar-refractivity contribution in [2.75, 3.05) is 6.61 Å². The summed E-state index contributed by atoms with van der Waals surface area (Å²) in [6.45, 7) is 2.54. The van der Waals surface area contributed by atoms with Crippen LogP contribution in [-0.4, -0.2) is 12.6 Å². The van der Waals surface area contributed by atoms with E-state index in [4.69, 9.17) is 14.2 Å². The molecule has 158 valence electrons. The quantitative estimate of drug-likeness (QED) is 0.403. The first-order valence-corrected chi connectivity index (χ1v) is 10.3. The number of nitrogens with zero attached hydrogens (tertiary/aromatic N) is 1. The Labute approximate surface area is 182 Å². The molecule has 5 nitrogen and oxygen atoms in total. The molecule has 0 saturated carbocycles. The van der Waals surface area contributed by atoms with Crippen molar-refractivity contribution in [2.24, 2.45) is 0 Å². The molecule has 0 fully saturated rings. The fraction of sp³-hybridized carbons (Fsp3) is 0.231. The molecule has 0 heterocycles. The molecule has 1 unspecified atom stereocenters. The lowest BCUT2D eigenvalue weighted by molar-refractivity contribution is -0.143. The molecule has 3 aromatic rings. The third-order valence-corrected chi connectivity index (χ3v) is 4.68. The number of hydrogen-bond donors (Lipinski definition) is 0. The van der Waals surface area contributed by atoms with Gasteiger partial charge in [-0.2, -0.15) is 5.26 Å². The van der Waals surface area contributed by atoms with Crippen molar-refractivity contribution in [2.45, 2.75) is 32.5 Å². The van der Waals surface area contributed by atoms with Crippen LogP contribution in [0.25, 0.3) is 0 Å². The second-order valence-electron chi connectivity index (χ2n) is 6.90. The summed E-state index contributed by atoms with van der Waals surface area (Å²) in [4.78, 5) is 11.9. The maximum absolute atomic E-state index is 11.9. The number of nitriles is 1. The Morgan fingerprint density at radius 3 is 2.39 bits per heavy atom. The highest BCUT2D eigenvalue weighted by molar-refractivity contribution is 5.69.